The molecule has 1 aromatic heterocycles. The number of ether oxygens (including phenoxy) is 1. The number of nitrogens with zero attached hydrogens (tertiary/aromatic N) is 3. The van der Waals surface area contributed by atoms with Crippen LogP contribution >= 0.6 is 0 Å². The number of rotatable bonds is 6. The standard InChI is InChI=1S/C15H23N3O3/c1-3-21-15-11(2)14(16-10-17-15)18-8-6-12(7-9-18)4-5-13(19)20/h10,12H,3-9H2,1-2H3,(H,19,20). The third kappa shape index (κ3) is 4.06. The first-order valence-corrected chi connectivity index (χ1v) is 7.53. The van der Waals surface area contributed by atoms with E-state index >= 15 is 0 Å². The molecule has 0 radical (unpaired) electrons. The molecule has 1 saturated heterocycles. The van der Waals surface area contributed by atoms with E-state index in [4.69, 9.17) is 9.84 Å². The molecule has 1 fully saturated rings. The van der Waals surface area contributed by atoms with E-state index in [9.17, 15) is 4.79 Å². The number of hydrogen-bond donors (Lipinski definition) is 1. The fraction of sp³-hybridized carbons (Fsp3) is 0.667. The summed E-state index contributed by atoms with van der Waals surface area (Å²) in [6.45, 7) is 6.34. The van der Waals surface area contributed by atoms with Crippen LogP contribution in [0, 0.1) is 12.8 Å². The van der Waals surface area contributed by atoms with Gasteiger partial charge in [0.05, 0.1) is 12.2 Å². The Kier molecular flexibility index (Phi) is 5.36. The Morgan fingerprint density at radius 2 is 2.14 bits per heavy atom. The number of carboxylic acid groups (broad SMARTS) is 1. The van der Waals surface area contributed by atoms with Crippen molar-refractivity contribution in [3.05, 3.63) is 11.9 Å². The molecule has 0 atom stereocenters. The maximum atomic E-state index is 10.6. The summed E-state index contributed by atoms with van der Waals surface area (Å²) in [5.74, 6) is 1.39. The van der Waals surface area contributed by atoms with E-state index in [0.29, 0.717) is 18.4 Å². The molecule has 0 aromatic carbocycles. The molecule has 0 bridgehead atoms. The summed E-state index contributed by atoms with van der Waals surface area (Å²) in [7, 11) is 0. The maximum absolute atomic E-state index is 10.6. The van der Waals surface area contributed by atoms with Crippen molar-refractivity contribution in [3.63, 3.8) is 0 Å². The van der Waals surface area contributed by atoms with Crippen molar-refractivity contribution >= 4 is 11.8 Å². The first-order chi connectivity index (χ1) is 10.1. The molecule has 0 aliphatic carbocycles. The van der Waals surface area contributed by atoms with Gasteiger partial charge in [0, 0.05) is 19.5 Å². The van der Waals surface area contributed by atoms with E-state index in [2.05, 4.69) is 14.9 Å². The fourth-order valence-electron chi connectivity index (χ4n) is 2.79. The Hall–Kier alpha value is -1.85. The van der Waals surface area contributed by atoms with Gasteiger partial charge in [0.15, 0.2) is 0 Å². The number of hydrogen-bond acceptors (Lipinski definition) is 5. The Morgan fingerprint density at radius 1 is 1.43 bits per heavy atom. The first-order valence-electron chi connectivity index (χ1n) is 7.53. The molecule has 0 amide bonds. The van der Waals surface area contributed by atoms with Crippen molar-refractivity contribution in [2.75, 3.05) is 24.6 Å². The van der Waals surface area contributed by atoms with Gasteiger partial charge in [0.1, 0.15) is 12.1 Å². The molecule has 116 valence electrons. The van der Waals surface area contributed by atoms with Gasteiger partial charge in [-0.25, -0.2) is 9.97 Å². The average Bonchev–Trinajstić information content (AvgIpc) is 2.48. The molecule has 0 saturated carbocycles. The number of aliphatic carboxylic acids is 1. The lowest BCUT2D eigenvalue weighted by Crippen LogP contribution is -2.35. The molecule has 6 heteroatoms. The molecular weight excluding hydrogens is 270 g/mol. The second kappa shape index (κ2) is 7.24. The minimum absolute atomic E-state index is 0.270. The van der Waals surface area contributed by atoms with Crippen molar-refractivity contribution in [3.8, 4) is 5.88 Å². The summed E-state index contributed by atoms with van der Waals surface area (Å²) in [5.41, 5.74) is 0.975. The quantitative estimate of drug-likeness (QED) is 0.867. The van der Waals surface area contributed by atoms with Gasteiger partial charge < -0.3 is 14.7 Å². The predicted octanol–water partition coefficient (Wildman–Crippen LogP) is 2.26. The number of carboxylic acids is 1. The predicted molar refractivity (Wildman–Crippen MR) is 79.7 cm³/mol. The average molecular weight is 293 g/mol. The Balaban J connectivity index is 1.96. The van der Waals surface area contributed by atoms with Gasteiger partial charge in [-0.05, 0) is 39.0 Å². The van der Waals surface area contributed by atoms with Crippen LogP contribution in [0.5, 0.6) is 5.88 Å². The maximum Gasteiger partial charge on any atom is 0.303 e. The zero-order valence-electron chi connectivity index (χ0n) is 12.7. The molecule has 1 N–H and O–H groups in total. The van der Waals surface area contributed by atoms with Crippen LogP contribution in [0.2, 0.25) is 0 Å². The largest absolute Gasteiger partial charge is 0.481 e. The van der Waals surface area contributed by atoms with E-state index in [1.54, 1.807) is 6.33 Å². The van der Waals surface area contributed by atoms with Crippen LogP contribution in [-0.2, 0) is 4.79 Å². The van der Waals surface area contributed by atoms with Crippen LogP contribution in [0.4, 0.5) is 5.82 Å². The van der Waals surface area contributed by atoms with Crippen molar-refractivity contribution in [2.24, 2.45) is 5.92 Å². The molecule has 1 aliphatic rings. The molecule has 0 unspecified atom stereocenters. The number of piperidine rings is 1. The summed E-state index contributed by atoms with van der Waals surface area (Å²) < 4.78 is 5.51. The smallest absolute Gasteiger partial charge is 0.303 e. The molecule has 2 rings (SSSR count). The van der Waals surface area contributed by atoms with Crippen molar-refractivity contribution in [2.45, 2.75) is 39.5 Å². The summed E-state index contributed by atoms with van der Waals surface area (Å²) in [6.07, 6.45) is 4.62. The van der Waals surface area contributed by atoms with Crippen molar-refractivity contribution < 1.29 is 14.6 Å². The van der Waals surface area contributed by atoms with Crippen LogP contribution in [0.1, 0.15) is 38.2 Å². The molecule has 21 heavy (non-hydrogen) atoms. The Labute approximate surface area is 125 Å². The number of carbonyl (C=O) groups is 1. The summed E-state index contributed by atoms with van der Waals surface area (Å²) in [6, 6.07) is 0. The lowest BCUT2D eigenvalue weighted by atomic mass is 9.92. The highest BCUT2D eigenvalue weighted by Gasteiger charge is 2.22. The minimum Gasteiger partial charge on any atom is -0.481 e. The SMILES string of the molecule is CCOc1ncnc(N2CCC(CCC(=O)O)CC2)c1C. The Bertz CT molecular complexity index is 485. The van der Waals surface area contributed by atoms with E-state index in [1.807, 2.05) is 13.8 Å². The number of anilines is 1. The van der Waals surface area contributed by atoms with E-state index < -0.39 is 5.97 Å². The van der Waals surface area contributed by atoms with Gasteiger partial charge >= 0.3 is 5.97 Å². The normalized spacial score (nSPS) is 16.0. The highest BCUT2D eigenvalue weighted by atomic mass is 16.5. The van der Waals surface area contributed by atoms with Gasteiger partial charge in [-0.3, -0.25) is 4.79 Å². The van der Waals surface area contributed by atoms with E-state index in [1.165, 1.54) is 0 Å². The van der Waals surface area contributed by atoms with Crippen molar-refractivity contribution in [1.29, 1.82) is 0 Å². The van der Waals surface area contributed by atoms with E-state index in [0.717, 1.165) is 43.7 Å². The highest BCUT2D eigenvalue weighted by molar-refractivity contribution is 5.66. The summed E-state index contributed by atoms with van der Waals surface area (Å²) in [5, 5.41) is 8.75. The topological polar surface area (TPSA) is 75.6 Å². The minimum atomic E-state index is -0.703. The Morgan fingerprint density at radius 3 is 2.76 bits per heavy atom. The summed E-state index contributed by atoms with van der Waals surface area (Å²) in [4.78, 5) is 21.4. The van der Waals surface area contributed by atoms with Crippen LogP contribution < -0.4 is 9.64 Å². The highest BCUT2D eigenvalue weighted by Crippen LogP contribution is 2.29. The zero-order chi connectivity index (χ0) is 15.2. The third-order valence-electron chi connectivity index (χ3n) is 3.97. The van der Waals surface area contributed by atoms with Crippen LogP contribution in [0.25, 0.3) is 0 Å². The monoisotopic (exact) mass is 293 g/mol. The van der Waals surface area contributed by atoms with Crippen LogP contribution in [0.3, 0.4) is 0 Å². The lowest BCUT2D eigenvalue weighted by molar-refractivity contribution is -0.137. The summed E-state index contributed by atoms with van der Waals surface area (Å²) >= 11 is 0. The first kappa shape index (κ1) is 15.5. The van der Waals surface area contributed by atoms with Crippen LogP contribution in [-0.4, -0.2) is 40.7 Å². The molecule has 2 heterocycles. The van der Waals surface area contributed by atoms with Gasteiger partial charge in [0.2, 0.25) is 5.88 Å². The lowest BCUT2D eigenvalue weighted by Gasteiger charge is -2.33. The van der Waals surface area contributed by atoms with E-state index in [-0.39, 0.29) is 6.42 Å². The van der Waals surface area contributed by atoms with Crippen LogP contribution in [0.15, 0.2) is 6.33 Å². The van der Waals surface area contributed by atoms with Gasteiger partial charge in [-0.15, -0.1) is 0 Å². The molecule has 6 nitrogen and oxygen atoms in total. The number of aromatic nitrogens is 2. The molecule has 1 aliphatic heterocycles. The molecule has 1 aromatic rings. The fourth-order valence-corrected chi connectivity index (χ4v) is 2.79. The van der Waals surface area contributed by atoms with Gasteiger partial charge in [-0.2, -0.15) is 0 Å². The van der Waals surface area contributed by atoms with Gasteiger partial charge in [0.25, 0.3) is 0 Å². The third-order valence-corrected chi connectivity index (χ3v) is 3.97. The molecular formula is C15H23N3O3. The van der Waals surface area contributed by atoms with Crippen molar-refractivity contribution in [1.82, 2.24) is 9.97 Å². The van der Waals surface area contributed by atoms with Gasteiger partial charge in [-0.1, -0.05) is 0 Å². The second-order valence-corrected chi connectivity index (χ2v) is 5.42. The second-order valence-electron chi connectivity index (χ2n) is 5.42. The molecule has 0 spiro atoms. The zero-order valence-corrected chi connectivity index (χ0v) is 12.7.